The van der Waals surface area contributed by atoms with Crippen LogP contribution in [0.3, 0.4) is 0 Å². The average Bonchev–Trinajstić information content (AvgIpc) is 2.59. The minimum Gasteiger partial charge on any atom is -0.329 e. The Morgan fingerprint density at radius 3 is 2.59 bits per heavy atom. The Kier molecular flexibility index (Phi) is 4.71. The number of rotatable bonds is 5. The lowest BCUT2D eigenvalue weighted by atomic mass is 9.89. The Bertz CT molecular complexity index is 673. The van der Waals surface area contributed by atoms with E-state index in [0.717, 1.165) is 25.7 Å². The number of fused-ring (bicyclic) bond motifs is 1. The topological polar surface area (TPSA) is 52.0 Å². The molecule has 0 amide bonds. The van der Waals surface area contributed by atoms with Crippen LogP contribution in [0.4, 0.5) is 0 Å². The first-order chi connectivity index (χ1) is 10.8. The van der Waals surface area contributed by atoms with Gasteiger partial charge in [-0.15, -0.1) is 0 Å². The lowest BCUT2D eigenvalue weighted by Gasteiger charge is -2.17. The van der Waals surface area contributed by atoms with Crippen LogP contribution in [0, 0.1) is 0 Å². The van der Waals surface area contributed by atoms with E-state index in [2.05, 4.69) is 48.6 Å². The molecule has 0 radical (unpaired) electrons. The molecule has 0 saturated heterocycles. The minimum absolute atomic E-state index is 0.0687. The van der Waals surface area contributed by atoms with Gasteiger partial charge in [0, 0.05) is 12.6 Å². The highest BCUT2D eigenvalue weighted by Crippen LogP contribution is 2.25. The van der Waals surface area contributed by atoms with Crippen molar-refractivity contribution >= 4 is 6.08 Å². The summed E-state index contributed by atoms with van der Waals surface area (Å²) in [6, 6.07) is 15.0. The highest BCUT2D eigenvalue weighted by atomic mass is 14.7. The van der Waals surface area contributed by atoms with Gasteiger partial charge in [-0.2, -0.15) is 0 Å². The van der Waals surface area contributed by atoms with Crippen LogP contribution in [-0.2, 0) is 19.3 Å². The average molecular weight is 292 g/mol. The number of hydrogen-bond donors (Lipinski definition) is 2. The summed E-state index contributed by atoms with van der Waals surface area (Å²) in [6.07, 6.45) is 8.94. The summed E-state index contributed by atoms with van der Waals surface area (Å²) in [7, 11) is 0. The normalized spacial score (nSPS) is 14.6. The van der Waals surface area contributed by atoms with E-state index in [1.165, 1.54) is 27.8 Å². The highest BCUT2D eigenvalue weighted by Gasteiger charge is 2.12. The van der Waals surface area contributed by atoms with Crippen LogP contribution in [-0.4, -0.2) is 6.54 Å². The summed E-state index contributed by atoms with van der Waals surface area (Å²) < 4.78 is 0. The predicted molar refractivity (Wildman–Crippen MR) is 93.6 cm³/mol. The molecule has 1 unspecified atom stereocenters. The fourth-order valence-corrected chi connectivity index (χ4v) is 3.28. The van der Waals surface area contributed by atoms with Gasteiger partial charge < -0.3 is 11.5 Å². The molecule has 22 heavy (non-hydrogen) atoms. The first-order valence-corrected chi connectivity index (χ1v) is 8.10. The fraction of sp³-hybridized carbons (Fsp3) is 0.300. The summed E-state index contributed by atoms with van der Waals surface area (Å²) in [5, 5.41) is 0. The van der Waals surface area contributed by atoms with Gasteiger partial charge in [0.25, 0.3) is 0 Å². The van der Waals surface area contributed by atoms with Crippen molar-refractivity contribution in [2.75, 3.05) is 6.54 Å². The lowest BCUT2D eigenvalue weighted by molar-refractivity contribution is 0.722. The van der Waals surface area contributed by atoms with Crippen molar-refractivity contribution in [3.63, 3.8) is 0 Å². The Balaban J connectivity index is 1.81. The van der Waals surface area contributed by atoms with Crippen LogP contribution < -0.4 is 11.5 Å². The van der Waals surface area contributed by atoms with Crippen molar-refractivity contribution in [2.45, 2.75) is 31.7 Å². The van der Waals surface area contributed by atoms with Gasteiger partial charge in [-0.05, 0) is 53.5 Å². The number of benzene rings is 2. The molecule has 1 atom stereocenters. The van der Waals surface area contributed by atoms with E-state index >= 15 is 0 Å². The fourth-order valence-electron chi connectivity index (χ4n) is 3.28. The van der Waals surface area contributed by atoms with E-state index < -0.39 is 0 Å². The van der Waals surface area contributed by atoms with Gasteiger partial charge in [-0.1, -0.05) is 54.6 Å². The molecule has 0 fully saturated rings. The molecule has 0 aromatic heterocycles. The second-order valence-electron chi connectivity index (χ2n) is 5.97. The zero-order chi connectivity index (χ0) is 15.4. The SMILES string of the molecule is NCC(N)c1ccccc1CCc1cccc2c1C=CCC2. The molecule has 1 aliphatic carbocycles. The lowest BCUT2D eigenvalue weighted by Crippen LogP contribution is -2.22. The van der Waals surface area contributed by atoms with E-state index in [0.29, 0.717) is 6.54 Å². The Morgan fingerprint density at radius 2 is 1.73 bits per heavy atom. The smallest absolute Gasteiger partial charge is 0.0422 e. The highest BCUT2D eigenvalue weighted by molar-refractivity contribution is 5.60. The predicted octanol–water partition coefficient (Wildman–Crippen LogP) is 3.39. The molecule has 2 nitrogen and oxygen atoms in total. The molecule has 3 rings (SSSR count). The molecule has 0 spiro atoms. The second kappa shape index (κ2) is 6.91. The van der Waals surface area contributed by atoms with Crippen LogP contribution in [0.2, 0.25) is 0 Å². The van der Waals surface area contributed by atoms with Crippen molar-refractivity contribution in [1.82, 2.24) is 0 Å². The third-order valence-electron chi connectivity index (χ3n) is 4.52. The van der Waals surface area contributed by atoms with Gasteiger partial charge in [0.05, 0.1) is 0 Å². The standard InChI is InChI=1S/C20H24N2/c21-14-20(22)19-11-4-2-7-17(19)13-12-16-9-5-8-15-6-1-3-10-18(15)16/h2-5,7-11,20H,1,6,12-14,21-22H2. The molecule has 2 aromatic carbocycles. The Labute approximate surface area is 132 Å². The Hall–Kier alpha value is -1.90. The van der Waals surface area contributed by atoms with Crippen LogP contribution in [0.1, 0.15) is 40.3 Å². The van der Waals surface area contributed by atoms with Gasteiger partial charge in [-0.3, -0.25) is 0 Å². The monoisotopic (exact) mass is 292 g/mol. The summed E-state index contributed by atoms with van der Waals surface area (Å²) in [5.41, 5.74) is 18.7. The third-order valence-corrected chi connectivity index (χ3v) is 4.52. The van der Waals surface area contributed by atoms with Gasteiger partial charge >= 0.3 is 0 Å². The van der Waals surface area contributed by atoms with Gasteiger partial charge in [0.2, 0.25) is 0 Å². The maximum Gasteiger partial charge on any atom is 0.0422 e. The third kappa shape index (κ3) is 3.13. The van der Waals surface area contributed by atoms with Crippen molar-refractivity contribution in [3.8, 4) is 0 Å². The molecule has 114 valence electrons. The maximum atomic E-state index is 6.14. The molecular weight excluding hydrogens is 268 g/mol. The summed E-state index contributed by atoms with van der Waals surface area (Å²) in [6.45, 7) is 0.487. The molecule has 0 saturated carbocycles. The summed E-state index contributed by atoms with van der Waals surface area (Å²) in [5.74, 6) is 0. The maximum absolute atomic E-state index is 6.14. The summed E-state index contributed by atoms with van der Waals surface area (Å²) >= 11 is 0. The first-order valence-electron chi connectivity index (χ1n) is 8.10. The minimum atomic E-state index is -0.0687. The van der Waals surface area contributed by atoms with Crippen molar-refractivity contribution in [3.05, 3.63) is 76.4 Å². The molecule has 0 heterocycles. The van der Waals surface area contributed by atoms with Crippen molar-refractivity contribution < 1.29 is 0 Å². The van der Waals surface area contributed by atoms with Crippen LogP contribution >= 0.6 is 0 Å². The molecule has 0 aliphatic heterocycles. The van der Waals surface area contributed by atoms with Crippen LogP contribution in [0.15, 0.2) is 48.5 Å². The van der Waals surface area contributed by atoms with Crippen LogP contribution in [0.25, 0.3) is 6.08 Å². The molecule has 1 aliphatic rings. The number of hydrogen-bond acceptors (Lipinski definition) is 2. The molecule has 2 aromatic rings. The van der Waals surface area contributed by atoms with E-state index in [-0.39, 0.29) is 6.04 Å². The number of nitrogens with two attached hydrogens (primary N) is 2. The second-order valence-corrected chi connectivity index (χ2v) is 5.97. The van der Waals surface area contributed by atoms with Crippen molar-refractivity contribution in [2.24, 2.45) is 11.5 Å². The van der Waals surface area contributed by atoms with Gasteiger partial charge in [0.1, 0.15) is 0 Å². The summed E-state index contributed by atoms with van der Waals surface area (Å²) in [4.78, 5) is 0. The largest absolute Gasteiger partial charge is 0.329 e. The van der Waals surface area contributed by atoms with E-state index in [1.54, 1.807) is 0 Å². The quantitative estimate of drug-likeness (QED) is 0.887. The van der Waals surface area contributed by atoms with E-state index in [1.807, 2.05) is 6.07 Å². The van der Waals surface area contributed by atoms with E-state index in [4.69, 9.17) is 11.5 Å². The number of aryl methyl sites for hydroxylation is 3. The molecule has 2 heteroatoms. The molecule has 0 bridgehead atoms. The van der Waals surface area contributed by atoms with Gasteiger partial charge in [-0.25, -0.2) is 0 Å². The van der Waals surface area contributed by atoms with Gasteiger partial charge in [0.15, 0.2) is 0 Å². The number of allylic oxidation sites excluding steroid dienone is 1. The van der Waals surface area contributed by atoms with E-state index in [9.17, 15) is 0 Å². The zero-order valence-electron chi connectivity index (χ0n) is 13.0. The van der Waals surface area contributed by atoms with Crippen LogP contribution in [0.5, 0.6) is 0 Å². The van der Waals surface area contributed by atoms with Crippen molar-refractivity contribution in [1.29, 1.82) is 0 Å². The Morgan fingerprint density at radius 1 is 0.955 bits per heavy atom. The molecule has 4 N–H and O–H groups in total. The first kappa shape index (κ1) is 15.0. The molecular formula is C20H24N2. The zero-order valence-corrected chi connectivity index (χ0v) is 13.0.